The number of amides is 2. The van der Waals surface area contributed by atoms with Crippen molar-refractivity contribution in [3.63, 3.8) is 0 Å². The molecule has 9 nitrogen and oxygen atoms in total. The summed E-state index contributed by atoms with van der Waals surface area (Å²) in [6, 6.07) is 8.35. The second kappa shape index (κ2) is 10.6. The Morgan fingerprint density at radius 3 is 2.54 bits per heavy atom. The molecule has 0 atom stereocenters. The van der Waals surface area contributed by atoms with Crippen molar-refractivity contribution in [2.75, 3.05) is 26.1 Å². The van der Waals surface area contributed by atoms with E-state index in [1.54, 1.807) is 30.3 Å². The third kappa shape index (κ3) is 6.67. The molecule has 1 heterocycles. The zero-order chi connectivity index (χ0) is 20.4. The van der Waals surface area contributed by atoms with Crippen molar-refractivity contribution in [1.82, 2.24) is 5.32 Å². The Kier molecular flexibility index (Phi) is 7.89. The lowest BCUT2D eigenvalue weighted by atomic mass is 10.2. The third-order valence-corrected chi connectivity index (χ3v) is 3.64. The molecule has 0 spiro atoms. The van der Waals surface area contributed by atoms with Crippen LogP contribution in [0.3, 0.4) is 0 Å². The van der Waals surface area contributed by atoms with Crippen LogP contribution in [0.4, 0.5) is 5.69 Å². The number of hydrogen-bond acceptors (Lipinski definition) is 7. The lowest BCUT2D eigenvalue weighted by Gasteiger charge is -2.12. The molecule has 9 heteroatoms. The van der Waals surface area contributed by atoms with Gasteiger partial charge in [0.15, 0.2) is 6.61 Å². The Balaban J connectivity index is 1.70. The molecule has 1 aromatic heterocycles. The van der Waals surface area contributed by atoms with Gasteiger partial charge in [-0.25, -0.2) is 0 Å². The highest BCUT2D eigenvalue weighted by molar-refractivity contribution is 5.94. The second-order valence-corrected chi connectivity index (χ2v) is 5.63. The predicted octanol–water partition coefficient (Wildman–Crippen LogP) is 1.88. The minimum Gasteiger partial charge on any atom is -0.497 e. The molecule has 0 fully saturated rings. The zero-order valence-corrected chi connectivity index (χ0v) is 15.7. The Morgan fingerprint density at radius 2 is 1.86 bits per heavy atom. The number of methoxy groups -OCH3 is 2. The quantitative estimate of drug-likeness (QED) is 0.595. The number of carbonyl (C=O) groups is 3. The summed E-state index contributed by atoms with van der Waals surface area (Å²) in [4.78, 5) is 35.4. The summed E-state index contributed by atoms with van der Waals surface area (Å²) in [5.41, 5.74) is 0.389. The molecule has 28 heavy (non-hydrogen) atoms. The van der Waals surface area contributed by atoms with E-state index in [0.29, 0.717) is 22.9 Å². The van der Waals surface area contributed by atoms with Crippen LogP contribution in [0.25, 0.3) is 0 Å². The molecule has 0 saturated heterocycles. The maximum atomic E-state index is 12.0. The van der Waals surface area contributed by atoms with Crippen LogP contribution in [-0.4, -0.2) is 38.6 Å². The van der Waals surface area contributed by atoms with Crippen LogP contribution in [0, 0.1) is 0 Å². The van der Waals surface area contributed by atoms with Gasteiger partial charge in [0.25, 0.3) is 5.91 Å². The van der Waals surface area contributed by atoms with E-state index in [2.05, 4.69) is 10.6 Å². The number of furan rings is 1. The number of nitrogens with one attached hydrogen (secondary N) is 2. The first-order valence-corrected chi connectivity index (χ1v) is 8.48. The van der Waals surface area contributed by atoms with Crippen LogP contribution in [0.2, 0.25) is 0 Å². The van der Waals surface area contributed by atoms with Gasteiger partial charge in [0.2, 0.25) is 5.91 Å². The van der Waals surface area contributed by atoms with E-state index in [-0.39, 0.29) is 25.3 Å². The summed E-state index contributed by atoms with van der Waals surface area (Å²) in [6.07, 6.45) is 1.32. The van der Waals surface area contributed by atoms with E-state index >= 15 is 0 Å². The molecule has 0 radical (unpaired) electrons. The summed E-state index contributed by atoms with van der Waals surface area (Å²) >= 11 is 0. The van der Waals surface area contributed by atoms with Crippen molar-refractivity contribution in [3.05, 3.63) is 42.4 Å². The molecule has 0 unspecified atom stereocenters. The summed E-state index contributed by atoms with van der Waals surface area (Å²) in [6.45, 7) is -0.237. The summed E-state index contributed by atoms with van der Waals surface area (Å²) in [7, 11) is 2.97. The number of rotatable bonds is 10. The van der Waals surface area contributed by atoms with Gasteiger partial charge in [0.1, 0.15) is 17.3 Å². The number of ether oxygens (including phenoxy) is 3. The van der Waals surface area contributed by atoms with Gasteiger partial charge in [-0.05, 0) is 24.3 Å². The average molecular weight is 390 g/mol. The monoisotopic (exact) mass is 390 g/mol. The maximum Gasteiger partial charge on any atom is 0.306 e. The van der Waals surface area contributed by atoms with Crippen molar-refractivity contribution in [2.24, 2.45) is 0 Å². The van der Waals surface area contributed by atoms with Gasteiger partial charge >= 0.3 is 5.97 Å². The Hall–Kier alpha value is -3.49. The fourth-order valence-electron chi connectivity index (χ4n) is 2.22. The number of benzene rings is 1. The normalized spacial score (nSPS) is 10.1. The number of esters is 1. The Labute approximate surface area is 161 Å². The third-order valence-electron chi connectivity index (χ3n) is 3.64. The van der Waals surface area contributed by atoms with E-state index in [1.165, 1.54) is 20.5 Å². The molecule has 0 aliphatic carbocycles. The molecule has 2 rings (SSSR count). The first-order chi connectivity index (χ1) is 13.5. The molecule has 2 amide bonds. The molecular weight excluding hydrogens is 368 g/mol. The van der Waals surface area contributed by atoms with E-state index in [4.69, 9.17) is 18.6 Å². The zero-order valence-electron chi connectivity index (χ0n) is 15.7. The molecule has 0 aliphatic heterocycles. The van der Waals surface area contributed by atoms with Gasteiger partial charge < -0.3 is 29.3 Å². The van der Waals surface area contributed by atoms with Crippen molar-refractivity contribution >= 4 is 23.5 Å². The highest BCUT2D eigenvalue weighted by atomic mass is 16.5. The lowest BCUT2D eigenvalue weighted by Crippen LogP contribution is -2.24. The van der Waals surface area contributed by atoms with Crippen LogP contribution in [-0.2, 0) is 25.7 Å². The smallest absolute Gasteiger partial charge is 0.306 e. The van der Waals surface area contributed by atoms with Crippen LogP contribution >= 0.6 is 0 Å². The minimum atomic E-state index is -0.652. The van der Waals surface area contributed by atoms with E-state index in [9.17, 15) is 14.4 Å². The SMILES string of the molecule is COc1ccc(OC)c(NC(=O)COC(=O)CCC(=O)NCc2ccco2)c1. The van der Waals surface area contributed by atoms with E-state index in [0.717, 1.165) is 0 Å². The molecule has 0 aliphatic rings. The highest BCUT2D eigenvalue weighted by Gasteiger charge is 2.13. The first-order valence-electron chi connectivity index (χ1n) is 8.48. The largest absolute Gasteiger partial charge is 0.497 e. The van der Waals surface area contributed by atoms with Gasteiger partial charge in [-0.1, -0.05) is 0 Å². The summed E-state index contributed by atoms with van der Waals surface area (Å²) in [5, 5.41) is 5.20. The van der Waals surface area contributed by atoms with Crippen molar-refractivity contribution in [3.8, 4) is 11.5 Å². The van der Waals surface area contributed by atoms with E-state index in [1.807, 2.05) is 0 Å². The molecule has 0 saturated carbocycles. The highest BCUT2D eigenvalue weighted by Crippen LogP contribution is 2.28. The summed E-state index contributed by atoms with van der Waals surface area (Å²) < 4.78 is 20.2. The Morgan fingerprint density at radius 1 is 1.04 bits per heavy atom. The van der Waals surface area contributed by atoms with E-state index < -0.39 is 18.5 Å². The fourth-order valence-corrected chi connectivity index (χ4v) is 2.22. The second-order valence-electron chi connectivity index (χ2n) is 5.63. The van der Waals surface area contributed by atoms with Crippen molar-refractivity contribution < 1.29 is 33.0 Å². The molecule has 150 valence electrons. The number of hydrogen-bond donors (Lipinski definition) is 2. The summed E-state index contributed by atoms with van der Waals surface area (Å²) in [5.74, 6) is 0.0740. The van der Waals surface area contributed by atoms with Crippen LogP contribution in [0.5, 0.6) is 11.5 Å². The maximum absolute atomic E-state index is 12.0. The first kappa shape index (κ1) is 20.8. The average Bonchev–Trinajstić information content (AvgIpc) is 3.22. The molecule has 1 aromatic carbocycles. The lowest BCUT2D eigenvalue weighted by molar-refractivity contribution is -0.148. The van der Waals surface area contributed by atoms with Crippen molar-refractivity contribution in [2.45, 2.75) is 19.4 Å². The standard InChI is InChI=1S/C19H22N2O7/c1-25-13-5-6-16(26-2)15(10-13)21-18(23)12-28-19(24)8-7-17(22)20-11-14-4-3-9-27-14/h3-6,9-10H,7-8,11-12H2,1-2H3,(H,20,22)(H,21,23). The van der Waals surface area contributed by atoms with Gasteiger partial charge in [0.05, 0.1) is 39.1 Å². The van der Waals surface area contributed by atoms with Gasteiger partial charge in [-0.15, -0.1) is 0 Å². The van der Waals surface area contributed by atoms with Crippen LogP contribution in [0.1, 0.15) is 18.6 Å². The number of carbonyl (C=O) groups excluding carboxylic acids is 3. The van der Waals surface area contributed by atoms with Crippen molar-refractivity contribution in [1.29, 1.82) is 0 Å². The van der Waals surface area contributed by atoms with Gasteiger partial charge in [-0.2, -0.15) is 0 Å². The fraction of sp³-hybridized carbons (Fsp3) is 0.316. The molecule has 2 aromatic rings. The predicted molar refractivity (Wildman–Crippen MR) is 98.9 cm³/mol. The molecule has 2 N–H and O–H groups in total. The topological polar surface area (TPSA) is 116 Å². The van der Waals surface area contributed by atoms with Gasteiger partial charge in [0, 0.05) is 12.5 Å². The minimum absolute atomic E-state index is 0.0507. The molecular formula is C19H22N2O7. The van der Waals surface area contributed by atoms with Gasteiger partial charge in [-0.3, -0.25) is 14.4 Å². The van der Waals surface area contributed by atoms with Crippen LogP contribution in [0.15, 0.2) is 41.0 Å². The van der Waals surface area contributed by atoms with Crippen LogP contribution < -0.4 is 20.1 Å². The molecule has 0 bridgehead atoms. The number of anilines is 1. The Bertz CT molecular complexity index is 803.